The standard InChI is InChI=1S/C34H24O5/c35-25-14-8-20-10-16-29-31(27(20)18-25)34(23-4-2-1-3-5-23,24-12-6-22(7-13-24)33(37)38)32-28-19-26(36)15-9-21(28)11-17-30(32)39-29/h1-4,6-19,23,35-36H,5H2,(H,37,38). The van der Waals surface area contributed by atoms with Gasteiger partial charge in [-0.05, 0) is 88.0 Å². The van der Waals surface area contributed by atoms with E-state index in [4.69, 9.17) is 4.74 Å². The molecular formula is C34H24O5. The van der Waals surface area contributed by atoms with Crippen molar-refractivity contribution in [1.29, 1.82) is 0 Å². The average Bonchev–Trinajstić information content (AvgIpc) is 2.96. The normalized spacial score (nSPS) is 17.0. The molecule has 5 heteroatoms. The quantitative estimate of drug-likeness (QED) is 0.231. The molecule has 0 bridgehead atoms. The molecule has 0 saturated heterocycles. The number of rotatable bonds is 3. The zero-order chi connectivity index (χ0) is 26.7. The molecule has 190 valence electrons. The minimum absolute atomic E-state index is 0.0829. The van der Waals surface area contributed by atoms with Gasteiger partial charge in [-0.25, -0.2) is 4.79 Å². The van der Waals surface area contributed by atoms with Crippen LogP contribution < -0.4 is 4.74 Å². The fourth-order valence-electron chi connectivity index (χ4n) is 6.45. The van der Waals surface area contributed by atoms with Crippen molar-refractivity contribution in [3.05, 3.63) is 131 Å². The molecule has 5 nitrogen and oxygen atoms in total. The number of fused-ring (bicyclic) bond motifs is 6. The molecule has 1 heterocycles. The zero-order valence-electron chi connectivity index (χ0n) is 20.8. The van der Waals surface area contributed by atoms with E-state index in [0.717, 1.165) is 44.7 Å². The van der Waals surface area contributed by atoms with Gasteiger partial charge in [-0.3, -0.25) is 0 Å². The molecule has 39 heavy (non-hydrogen) atoms. The summed E-state index contributed by atoms with van der Waals surface area (Å²) in [7, 11) is 0. The molecule has 1 atom stereocenters. The van der Waals surface area contributed by atoms with Gasteiger partial charge >= 0.3 is 5.97 Å². The first-order chi connectivity index (χ1) is 19.0. The first-order valence-electron chi connectivity index (χ1n) is 12.8. The second-order valence-electron chi connectivity index (χ2n) is 10.1. The maximum Gasteiger partial charge on any atom is 0.335 e. The van der Waals surface area contributed by atoms with Crippen molar-refractivity contribution >= 4 is 27.5 Å². The highest BCUT2D eigenvalue weighted by atomic mass is 16.5. The first-order valence-corrected chi connectivity index (χ1v) is 12.8. The lowest BCUT2D eigenvalue weighted by molar-refractivity contribution is 0.0697. The van der Waals surface area contributed by atoms with E-state index in [1.807, 2.05) is 60.7 Å². The van der Waals surface area contributed by atoms with Gasteiger partial charge in [0, 0.05) is 11.1 Å². The van der Waals surface area contributed by atoms with Gasteiger partial charge in [0.15, 0.2) is 0 Å². The van der Waals surface area contributed by atoms with Gasteiger partial charge in [-0.15, -0.1) is 0 Å². The highest BCUT2D eigenvalue weighted by Crippen LogP contribution is 2.60. The van der Waals surface area contributed by atoms with Crippen LogP contribution in [0.1, 0.15) is 33.5 Å². The Morgan fingerprint density at radius 3 is 1.82 bits per heavy atom. The fraction of sp³-hybridized carbons (Fsp3) is 0.0882. The first kappa shape index (κ1) is 23.1. The Balaban J connectivity index is 1.71. The monoisotopic (exact) mass is 512 g/mol. The van der Waals surface area contributed by atoms with Gasteiger partial charge in [0.05, 0.1) is 11.0 Å². The van der Waals surface area contributed by atoms with E-state index in [9.17, 15) is 20.1 Å². The van der Waals surface area contributed by atoms with E-state index < -0.39 is 11.4 Å². The van der Waals surface area contributed by atoms with Crippen LogP contribution in [0.4, 0.5) is 0 Å². The predicted octanol–water partition coefficient (Wildman–Crippen LogP) is 7.67. The number of benzene rings is 5. The van der Waals surface area contributed by atoms with Crippen molar-refractivity contribution in [2.45, 2.75) is 11.8 Å². The Kier molecular flexibility index (Phi) is 5.04. The molecule has 0 fully saturated rings. The Morgan fingerprint density at radius 2 is 1.31 bits per heavy atom. The maximum atomic E-state index is 11.8. The van der Waals surface area contributed by atoms with Crippen molar-refractivity contribution in [2.24, 2.45) is 5.92 Å². The number of allylic oxidation sites excluding steroid dienone is 4. The van der Waals surface area contributed by atoms with E-state index >= 15 is 0 Å². The fourth-order valence-corrected chi connectivity index (χ4v) is 6.45. The number of phenols is 2. The van der Waals surface area contributed by atoms with Crippen LogP contribution in [-0.2, 0) is 5.41 Å². The van der Waals surface area contributed by atoms with E-state index in [-0.39, 0.29) is 23.0 Å². The summed E-state index contributed by atoms with van der Waals surface area (Å²) in [6.45, 7) is 0. The smallest absolute Gasteiger partial charge is 0.335 e. The number of carboxylic acids is 1. The topological polar surface area (TPSA) is 87.0 Å². The van der Waals surface area contributed by atoms with Crippen molar-refractivity contribution in [3.8, 4) is 23.0 Å². The maximum absolute atomic E-state index is 11.8. The Labute approximate surface area is 224 Å². The molecule has 2 aliphatic rings. The van der Waals surface area contributed by atoms with Gasteiger partial charge < -0.3 is 20.1 Å². The van der Waals surface area contributed by atoms with Gasteiger partial charge in [-0.2, -0.15) is 0 Å². The van der Waals surface area contributed by atoms with Crippen LogP contribution >= 0.6 is 0 Å². The summed E-state index contributed by atoms with van der Waals surface area (Å²) in [6.07, 6.45) is 9.12. The van der Waals surface area contributed by atoms with Gasteiger partial charge in [0.1, 0.15) is 23.0 Å². The van der Waals surface area contributed by atoms with Gasteiger partial charge in [0.25, 0.3) is 0 Å². The van der Waals surface area contributed by atoms with E-state index in [1.165, 1.54) is 0 Å². The van der Waals surface area contributed by atoms with Crippen molar-refractivity contribution in [2.75, 3.05) is 0 Å². The molecule has 0 saturated carbocycles. The Bertz CT molecular complexity index is 1770. The van der Waals surface area contributed by atoms with Crippen molar-refractivity contribution < 1.29 is 24.9 Å². The number of carbonyl (C=O) groups is 1. The minimum Gasteiger partial charge on any atom is -0.508 e. The minimum atomic E-state index is -0.991. The van der Waals surface area contributed by atoms with E-state index in [0.29, 0.717) is 11.5 Å². The summed E-state index contributed by atoms with van der Waals surface area (Å²) in [5, 5.41) is 34.5. The predicted molar refractivity (Wildman–Crippen MR) is 151 cm³/mol. The highest BCUT2D eigenvalue weighted by molar-refractivity contribution is 5.98. The number of hydrogen-bond donors (Lipinski definition) is 3. The van der Waals surface area contributed by atoms with Crippen LogP contribution in [0, 0.1) is 5.92 Å². The molecular weight excluding hydrogens is 488 g/mol. The number of hydrogen-bond acceptors (Lipinski definition) is 4. The van der Waals surface area contributed by atoms with Crippen molar-refractivity contribution in [3.63, 3.8) is 0 Å². The molecule has 0 aromatic heterocycles. The third-order valence-corrected chi connectivity index (χ3v) is 8.07. The summed E-state index contributed by atoms with van der Waals surface area (Å²) in [5.74, 6) is 0.559. The summed E-state index contributed by atoms with van der Waals surface area (Å²) in [5.41, 5.74) is 2.04. The Morgan fingerprint density at radius 1 is 0.744 bits per heavy atom. The number of aromatic carboxylic acids is 1. The number of carboxylic acid groups (broad SMARTS) is 1. The molecule has 0 amide bonds. The number of phenolic OH excluding ortho intramolecular Hbond substituents is 2. The third kappa shape index (κ3) is 3.36. The molecule has 0 spiro atoms. The third-order valence-electron chi connectivity index (χ3n) is 8.07. The number of ether oxygens (including phenoxy) is 1. The molecule has 5 aromatic carbocycles. The van der Waals surface area contributed by atoms with Crippen LogP contribution in [-0.4, -0.2) is 21.3 Å². The summed E-state index contributed by atoms with van der Waals surface area (Å²) in [4.78, 5) is 11.8. The lowest BCUT2D eigenvalue weighted by Crippen LogP contribution is -2.40. The average molecular weight is 513 g/mol. The van der Waals surface area contributed by atoms with Gasteiger partial charge in [-0.1, -0.05) is 60.7 Å². The molecule has 7 rings (SSSR count). The van der Waals surface area contributed by atoms with Crippen LogP contribution in [0.25, 0.3) is 21.5 Å². The molecule has 5 aromatic rings. The summed E-state index contributed by atoms with van der Waals surface area (Å²) in [6, 6.07) is 25.6. The lowest BCUT2D eigenvalue weighted by Gasteiger charge is -2.47. The van der Waals surface area contributed by atoms with Gasteiger partial charge in [0.2, 0.25) is 0 Å². The zero-order valence-corrected chi connectivity index (χ0v) is 20.8. The molecule has 0 radical (unpaired) electrons. The Hall–Kier alpha value is -5.03. The van der Waals surface area contributed by atoms with E-state index in [1.54, 1.807) is 36.4 Å². The lowest BCUT2D eigenvalue weighted by atomic mass is 9.57. The summed E-state index contributed by atoms with van der Waals surface area (Å²) < 4.78 is 6.60. The SMILES string of the molecule is O=C(O)c1ccc(C2(C3C=CC=CC3)c3c(ccc4ccc(O)cc34)Oc3ccc4ccc(O)cc4c32)cc1. The molecule has 1 unspecified atom stereocenters. The van der Waals surface area contributed by atoms with Crippen LogP contribution in [0.15, 0.2) is 109 Å². The molecule has 1 aliphatic carbocycles. The number of aromatic hydroxyl groups is 2. The largest absolute Gasteiger partial charge is 0.508 e. The van der Waals surface area contributed by atoms with Crippen LogP contribution in [0.5, 0.6) is 23.0 Å². The van der Waals surface area contributed by atoms with Crippen LogP contribution in [0.2, 0.25) is 0 Å². The molecule has 3 N–H and O–H groups in total. The van der Waals surface area contributed by atoms with Crippen molar-refractivity contribution in [1.82, 2.24) is 0 Å². The van der Waals surface area contributed by atoms with E-state index in [2.05, 4.69) is 12.2 Å². The second-order valence-corrected chi connectivity index (χ2v) is 10.1. The second kappa shape index (κ2) is 8.50. The summed E-state index contributed by atoms with van der Waals surface area (Å²) >= 11 is 0. The highest BCUT2D eigenvalue weighted by Gasteiger charge is 2.50. The molecule has 1 aliphatic heterocycles. The van der Waals surface area contributed by atoms with Crippen LogP contribution in [0.3, 0.4) is 0 Å².